The third-order valence-electron chi connectivity index (χ3n) is 2.29. The van der Waals surface area contributed by atoms with E-state index < -0.39 is 0 Å². The molecule has 0 saturated heterocycles. The molecule has 108 valence electrons. The Labute approximate surface area is 115 Å². The van der Waals surface area contributed by atoms with Crippen molar-refractivity contribution in [2.45, 2.75) is 40.5 Å². The van der Waals surface area contributed by atoms with Gasteiger partial charge in [-0.05, 0) is 30.9 Å². The second kappa shape index (κ2) is 9.36. The minimum atomic E-state index is -0.328. The fraction of sp³-hybridized carbons (Fsp3) is 0.600. The highest BCUT2D eigenvalue weighted by atomic mass is 16.5. The van der Waals surface area contributed by atoms with E-state index in [4.69, 9.17) is 9.47 Å². The van der Waals surface area contributed by atoms with E-state index in [0.29, 0.717) is 18.8 Å². The summed E-state index contributed by atoms with van der Waals surface area (Å²) in [5.41, 5.74) is 1.36. The normalized spacial score (nSPS) is 11.3. The van der Waals surface area contributed by atoms with Crippen molar-refractivity contribution >= 4 is 11.9 Å². The van der Waals surface area contributed by atoms with Crippen molar-refractivity contribution in [1.29, 1.82) is 0 Å². The van der Waals surface area contributed by atoms with Gasteiger partial charge in [-0.25, -0.2) is 0 Å². The molecule has 0 rings (SSSR count). The predicted molar refractivity (Wildman–Crippen MR) is 74.6 cm³/mol. The third kappa shape index (κ3) is 8.19. The molecular formula is C15H24O4. The Morgan fingerprint density at radius 3 is 1.95 bits per heavy atom. The van der Waals surface area contributed by atoms with Gasteiger partial charge < -0.3 is 9.47 Å². The SMILES string of the molecule is C=C(CC(=O)OCC)/C(=C/C(C)C)CC(=O)OCC. The van der Waals surface area contributed by atoms with E-state index in [1.165, 1.54) is 0 Å². The van der Waals surface area contributed by atoms with E-state index in [1.807, 2.05) is 19.9 Å². The van der Waals surface area contributed by atoms with Crippen molar-refractivity contribution in [2.75, 3.05) is 13.2 Å². The molecule has 0 aliphatic carbocycles. The first-order chi connectivity index (χ1) is 8.90. The lowest BCUT2D eigenvalue weighted by atomic mass is 9.97. The Hall–Kier alpha value is -1.58. The molecule has 0 bridgehead atoms. The summed E-state index contributed by atoms with van der Waals surface area (Å²) >= 11 is 0. The van der Waals surface area contributed by atoms with Crippen LogP contribution >= 0.6 is 0 Å². The monoisotopic (exact) mass is 268 g/mol. The van der Waals surface area contributed by atoms with Gasteiger partial charge in [0.15, 0.2) is 0 Å². The van der Waals surface area contributed by atoms with Gasteiger partial charge in [-0.3, -0.25) is 9.59 Å². The summed E-state index contributed by atoms with van der Waals surface area (Å²) < 4.78 is 9.80. The van der Waals surface area contributed by atoms with Gasteiger partial charge in [-0.15, -0.1) is 0 Å². The Balaban J connectivity index is 4.71. The molecule has 0 spiro atoms. The van der Waals surface area contributed by atoms with Gasteiger partial charge in [-0.1, -0.05) is 26.5 Å². The molecular weight excluding hydrogens is 244 g/mol. The fourth-order valence-corrected chi connectivity index (χ4v) is 1.57. The summed E-state index contributed by atoms with van der Waals surface area (Å²) in [6, 6.07) is 0. The van der Waals surface area contributed by atoms with E-state index >= 15 is 0 Å². The Morgan fingerprint density at radius 2 is 1.53 bits per heavy atom. The van der Waals surface area contributed by atoms with E-state index in [1.54, 1.807) is 13.8 Å². The molecule has 4 heteroatoms. The van der Waals surface area contributed by atoms with Gasteiger partial charge >= 0.3 is 11.9 Å². The van der Waals surface area contributed by atoms with E-state index in [2.05, 4.69) is 6.58 Å². The van der Waals surface area contributed by atoms with E-state index in [-0.39, 0.29) is 30.7 Å². The summed E-state index contributed by atoms with van der Waals surface area (Å²) in [6.07, 6.45) is 2.18. The Kier molecular flexibility index (Phi) is 8.58. The summed E-state index contributed by atoms with van der Waals surface area (Å²) in [5.74, 6) is -0.367. The Bertz CT molecular complexity index is 353. The molecule has 0 radical (unpaired) electrons. The molecule has 4 nitrogen and oxygen atoms in total. The van der Waals surface area contributed by atoms with Crippen LogP contribution in [0, 0.1) is 5.92 Å². The van der Waals surface area contributed by atoms with Crippen LogP contribution in [0.4, 0.5) is 0 Å². The highest BCUT2D eigenvalue weighted by Gasteiger charge is 2.14. The molecule has 19 heavy (non-hydrogen) atoms. The number of allylic oxidation sites excluding steroid dienone is 1. The summed E-state index contributed by atoms with van der Waals surface area (Å²) in [4.78, 5) is 23.0. The standard InChI is InChI=1S/C15H24O4/c1-6-18-14(16)9-12(5)13(8-11(3)4)10-15(17)19-7-2/h8,11H,5-7,9-10H2,1-4H3/b13-8+. The van der Waals surface area contributed by atoms with Crippen LogP contribution in [0.25, 0.3) is 0 Å². The number of carbonyl (C=O) groups is 2. The molecule has 0 aromatic rings. The molecule has 0 unspecified atom stereocenters. The number of hydrogen-bond donors (Lipinski definition) is 0. The third-order valence-corrected chi connectivity index (χ3v) is 2.29. The van der Waals surface area contributed by atoms with Gasteiger partial charge in [0.05, 0.1) is 26.1 Å². The number of ether oxygens (including phenoxy) is 2. The van der Waals surface area contributed by atoms with Crippen molar-refractivity contribution < 1.29 is 19.1 Å². The average Bonchev–Trinajstić information content (AvgIpc) is 2.27. The van der Waals surface area contributed by atoms with Crippen LogP contribution in [0.5, 0.6) is 0 Å². The van der Waals surface area contributed by atoms with Crippen LogP contribution in [-0.2, 0) is 19.1 Å². The minimum Gasteiger partial charge on any atom is -0.466 e. The maximum Gasteiger partial charge on any atom is 0.310 e. The lowest BCUT2D eigenvalue weighted by molar-refractivity contribution is -0.143. The first-order valence-electron chi connectivity index (χ1n) is 6.60. The molecule has 0 aromatic heterocycles. The molecule has 0 aliphatic rings. The summed E-state index contributed by atoms with van der Waals surface area (Å²) in [6.45, 7) is 12.1. The zero-order valence-electron chi connectivity index (χ0n) is 12.3. The van der Waals surface area contributed by atoms with Crippen molar-refractivity contribution in [1.82, 2.24) is 0 Å². The van der Waals surface area contributed by atoms with Crippen LogP contribution in [0.1, 0.15) is 40.5 Å². The van der Waals surface area contributed by atoms with Crippen LogP contribution < -0.4 is 0 Å². The number of hydrogen-bond acceptors (Lipinski definition) is 4. The molecule has 0 fully saturated rings. The Morgan fingerprint density at radius 1 is 1.05 bits per heavy atom. The quantitative estimate of drug-likeness (QED) is 0.501. The summed E-state index contributed by atoms with van der Waals surface area (Å²) in [5, 5.41) is 0. The van der Waals surface area contributed by atoms with Gasteiger partial charge in [0.25, 0.3) is 0 Å². The van der Waals surface area contributed by atoms with Gasteiger partial charge in [0.1, 0.15) is 0 Å². The zero-order valence-corrected chi connectivity index (χ0v) is 12.3. The largest absolute Gasteiger partial charge is 0.466 e. The molecule has 0 saturated carbocycles. The van der Waals surface area contributed by atoms with Crippen LogP contribution in [0.2, 0.25) is 0 Å². The highest BCUT2D eigenvalue weighted by Crippen LogP contribution is 2.19. The first-order valence-corrected chi connectivity index (χ1v) is 6.60. The molecule has 0 aromatic carbocycles. The predicted octanol–water partition coefficient (Wildman–Crippen LogP) is 3.03. The van der Waals surface area contributed by atoms with E-state index in [9.17, 15) is 9.59 Å². The van der Waals surface area contributed by atoms with Gasteiger partial charge in [-0.2, -0.15) is 0 Å². The smallest absolute Gasteiger partial charge is 0.310 e. The van der Waals surface area contributed by atoms with Gasteiger partial charge in [0.2, 0.25) is 0 Å². The first kappa shape index (κ1) is 17.4. The zero-order chi connectivity index (χ0) is 14.8. The molecule has 0 atom stereocenters. The fourth-order valence-electron chi connectivity index (χ4n) is 1.57. The molecule has 0 heterocycles. The van der Waals surface area contributed by atoms with Crippen LogP contribution in [0.3, 0.4) is 0 Å². The number of carbonyl (C=O) groups excluding carboxylic acids is 2. The lowest BCUT2D eigenvalue weighted by Crippen LogP contribution is -2.10. The minimum absolute atomic E-state index is 0.103. The topological polar surface area (TPSA) is 52.6 Å². The van der Waals surface area contributed by atoms with Crippen molar-refractivity contribution in [3.63, 3.8) is 0 Å². The van der Waals surface area contributed by atoms with Crippen molar-refractivity contribution in [2.24, 2.45) is 5.92 Å². The van der Waals surface area contributed by atoms with Crippen LogP contribution in [0.15, 0.2) is 23.8 Å². The van der Waals surface area contributed by atoms with Crippen LogP contribution in [-0.4, -0.2) is 25.2 Å². The molecule has 0 N–H and O–H groups in total. The van der Waals surface area contributed by atoms with E-state index in [0.717, 1.165) is 5.57 Å². The average molecular weight is 268 g/mol. The maximum atomic E-state index is 11.5. The second-order valence-corrected chi connectivity index (χ2v) is 4.50. The highest BCUT2D eigenvalue weighted by molar-refractivity contribution is 5.77. The molecule has 0 amide bonds. The van der Waals surface area contributed by atoms with Crippen molar-refractivity contribution in [3.05, 3.63) is 23.8 Å². The lowest BCUT2D eigenvalue weighted by Gasteiger charge is -2.11. The van der Waals surface area contributed by atoms with Crippen molar-refractivity contribution in [3.8, 4) is 0 Å². The second-order valence-electron chi connectivity index (χ2n) is 4.50. The number of esters is 2. The summed E-state index contributed by atoms with van der Waals surface area (Å²) in [7, 11) is 0. The maximum absolute atomic E-state index is 11.5. The number of rotatable bonds is 8. The molecule has 0 aliphatic heterocycles. The van der Waals surface area contributed by atoms with Gasteiger partial charge in [0, 0.05) is 0 Å².